The molecule has 1 aromatic rings. The summed E-state index contributed by atoms with van der Waals surface area (Å²) in [7, 11) is -9.91. The summed E-state index contributed by atoms with van der Waals surface area (Å²) in [5.41, 5.74) is 7.52. The lowest BCUT2D eigenvalue weighted by Gasteiger charge is -2.19. The SMILES string of the molecule is Cc1cn([C@H]2C[C@@H](N=[N+]=[N-])[C@@H](COP(=O)(O)NP(=O)(O)O)O2)c(=O)[nH]c1=O. The molecule has 0 saturated carbocycles. The summed E-state index contributed by atoms with van der Waals surface area (Å²) in [4.78, 5) is 56.0. The quantitative estimate of drug-likeness (QED) is 0.164. The predicted molar refractivity (Wildman–Crippen MR) is 88.5 cm³/mol. The molecule has 1 fully saturated rings. The Bertz CT molecular complexity index is 963. The van der Waals surface area contributed by atoms with Crippen molar-refractivity contribution >= 4 is 15.5 Å². The first-order valence-electron chi connectivity index (χ1n) is 7.26. The molecule has 5 N–H and O–H groups in total. The van der Waals surface area contributed by atoms with Gasteiger partial charge in [-0.3, -0.25) is 18.9 Å². The van der Waals surface area contributed by atoms with Crippen LogP contribution in [0.15, 0.2) is 20.9 Å². The molecule has 0 bridgehead atoms. The molecule has 150 valence electrons. The molecule has 1 aliphatic rings. The highest BCUT2D eigenvalue weighted by atomic mass is 31.3. The van der Waals surface area contributed by atoms with E-state index in [4.69, 9.17) is 20.1 Å². The van der Waals surface area contributed by atoms with Gasteiger partial charge in [0.15, 0.2) is 0 Å². The number of hydrogen-bond donors (Lipinski definition) is 5. The summed E-state index contributed by atoms with van der Waals surface area (Å²) in [5, 5.41) is 3.47. The van der Waals surface area contributed by atoms with Crippen LogP contribution in [-0.2, 0) is 18.4 Å². The summed E-state index contributed by atoms with van der Waals surface area (Å²) in [5.74, 6) is 0. The minimum absolute atomic E-state index is 0.00880. The molecule has 0 radical (unpaired) electrons. The summed E-state index contributed by atoms with van der Waals surface area (Å²) < 4.78 is 33.5. The number of azide groups is 1. The van der Waals surface area contributed by atoms with Gasteiger partial charge in [-0.1, -0.05) is 5.11 Å². The Labute approximate surface area is 150 Å². The molecule has 15 nitrogen and oxygen atoms in total. The number of aromatic amines is 1. The standard InChI is InChI=1S/C10H16N6O9P2/c1-5-3-16(10(18)12-9(5)17)8-2-6(13-14-11)7(25-8)4-24-27(22,23)15-26(19,20)21/h3,6-8H,2,4H2,1H3,(H,12,17,18)(H4,15,19,20,21,22,23)/t6-,7-,8-/m1/s1. The normalized spacial score (nSPS) is 25.0. The monoisotopic (exact) mass is 426 g/mol. The van der Waals surface area contributed by atoms with Gasteiger partial charge >= 0.3 is 21.2 Å². The van der Waals surface area contributed by atoms with Crippen molar-refractivity contribution in [3.05, 3.63) is 43.0 Å². The number of nitrogens with zero attached hydrogens (tertiary/aromatic N) is 4. The van der Waals surface area contributed by atoms with E-state index in [1.54, 1.807) is 0 Å². The van der Waals surface area contributed by atoms with Gasteiger partial charge in [0.1, 0.15) is 6.23 Å². The lowest BCUT2D eigenvalue weighted by Crippen LogP contribution is -2.33. The third kappa shape index (κ3) is 5.84. The van der Waals surface area contributed by atoms with Gasteiger partial charge in [0.05, 0.1) is 18.8 Å². The Morgan fingerprint density at radius 3 is 2.74 bits per heavy atom. The molecule has 1 aliphatic heterocycles. The number of rotatable bonds is 7. The fraction of sp³-hybridized carbons (Fsp3) is 0.600. The summed E-state index contributed by atoms with van der Waals surface area (Å²) in [6.45, 7) is 0.795. The van der Waals surface area contributed by atoms with Gasteiger partial charge in [0.2, 0.25) is 0 Å². The maximum Gasteiger partial charge on any atom is 0.412 e. The average molecular weight is 426 g/mol. The topological polar surface area (TPSA) is 229 Å². The van der Waals surface area contributed by atoms with E-state index in [-0.39, 0.29) is 12.0 Å². The molecule has 17 heteroatoms. The highest BCUT2D eigenvalue weighted by molar-refractivity contribution is 7.66. The zero-order chi connectivity index (χ0) is 20.4. The number of aromatic nitrogens is 2. The van der Waals surface area contributed by atoms with E-state index in [2.05, 4.69) is 19.5 Å². The molecule has 1 saturated heterocycles. The second-order valence-electron chi connectivity index (χ2n) is 5.58. The zero-order valence-electron chi connectivity index (χ0n) is 13.7. The molecule has 4 atom stereocenters. The third-order valence-electron chi connectivity index (χ3n) is 3.53. The molecule has 0 amide bonds. The first kappa shape index (κ1) is 21.5. The predicted octanol–water partition coefficient (Wildman–Crippen LogP) is -0.389. The number of hydrogen-bond acceptors (Lipinski definition) is 7. The van der Waals surface area contributed by atoms with Gasteiger partial charge in [-0.25, -0.2) is 13.9 Å². The number of H-pyrrole nitrogens is 1. The first-order valence-corrected chi connectivity index (χ1v) is 10.4. The maximum absolute atomic E-state index is 11.9. The zero-order valence-corrected chi connectivity index (χ0v) is 15.5. The molecule has 0 aliphatic carbocycles. The Hall–Kier alpha value is -1.79. The van der Waals surface area contributed by atoms with Crippen molar-refractivity contribution in [3.8, 4) is 0 Å². The fourth-order valence-electron chi connectivity index (χ4n) is 2.39. The molecule has 2 heterocycles. The maximum atomic E-state index is 11.9. The molecule has 1 unspecified atom stereocenters. The smallest absolute Gasteiger partial charge is 0.352 e. The number of aryl methyl sites for hydroxylation is 1. The summed E-state index contributed by atoms with van der Waals surface area (Å²) in [6, 6.07) is -0.908. The molecule has 27 heavy (non-hydrogen) atoms. The van der Waals surface area contributed by atoms with Crippen molar-refractivity contribution in [2.24, 2.45) is 5.11 Å². The van der Waals surface area contributed by atoms with E-state index in [1.807, 2.05) is 0 Å². The number of ether oxygens (including phenoxy) is 1. The van der Waals surface area contributed by atoms with Crippen LogP contribution in [0.1, 0.15) is 18.2 Å². The van der Waals surface area contributed by atoms with Crippen LogP contribution in [0, 0.1) is 6.92 Å². The first-order chi connectivity index (χ1) is 12.4. The van der Waals surface area contributed by atoms with Crippen LogP contribution < -0.4 is 16.1 Å². The molecule has 2 rings (SSSR count). The van der Waals surface area contributed by atoms with Crippen LogP contribution in [0.5, 0.6) is 0 Å². The summed E-state index contributed by atoms with van der Waals surface area (Å²) in [6.07, 6.45) is -0.825. The van der Waals surface area contributed by atoms with E-state index in [1.165, 1.54) is 13.1 Å². The van der Waals surface area contributed by atoms with Crippen molar-refractivity contribution in [1.29, 1.82) is 0 Å². The van der Waals surface area contributed by atoms with Crippen molar-refractivity contribution in [2.45, 2.75) is 31.7 Å². The van der Waals surface area contributed by atoms with Crippen LogP contribution in [0.4, 0.5) is 0 Å². The Morgan fingerprint density at radius 1 is 1.48 bits per heavy atom. The minimum atomic E-state index is -5.04. The Kier molecular flexibility index (Phi) is 6.43. The van der Waals surface area contributed by atoms with Gasteiger partial charge in [-0.15, -0.1) is 4.86 Å². The number of nitrogens with one attached hydrogen (secondary N) is 2. The van der Waals surface area contributed by atoms with Crippen molar-refractivity contribution in [1.82, 2.24) is 14.4 Å². The van der Waals surface area contributed by atoms with Crippen LogP contribution in [0.2, 0.25) is 0 Å². The van der Waals surface area contributed by atoms with E-state index < -0.39 is 51.7 Å². The molecule has 0 aromatic carbocycles. The Morgan fingerprint density at radius 2 is 2.15 bits per heavy atom. The van der Waals surface area contributed by atoms with Gasteiger partial charge < -0.3 is 19.4 Å². The van der Waals surface area contributed by atoms with Crippen molar-refractivity contribution < 1.29 is 33.1 Å². The van der Waals surface area contributed by atoms with Crippen LogP contribution >= 0.6 is 15.5 Å². The lowest BCUT2D eigenvalue weighted by atomic mass is 10.1. The summed E-state index contributed by atoms with van der Waals surface area (Å²) >= 11 is 0. The van der Waals surface area contributed by atoms with E-state index in [0.29, 0.717) is 0 Å². The van der Waals surface area contributed by atoms with E-state index >= 15 is 0 Å². The molecule has 0 spiro atoms. The molecular formula is C10H16N6O9P2. The highest BCUT2D eigenvalue weighted by Crippen LogP contribution is 2.49. The highest BCUT2D eigenvalue weighted by Gasteiger charge is 2.39. The van der Waals surface area contributed by atoms with Gasteiger partial charge in [0, 0.05) is 23.1 Å². The third-order valence-corrected chi connectivity index (χ3v) is 6.08. The van der Waals surface area contributed by atoms with Gasteiger partial charge in [0.25, 0.3) is 5.56 Å². The lowest BCUT2D eigenvalue weighted by molar-refractivity contribution is -0.0242. The van der Waals surface area contributed by atoms with Gasteiger partial charge in [-0.2, -0.15) is 0 Å². The largest absolute Gasteiger partial charge is 0.412 e. The Balaban J connectivity index is 2.18. The second-order valence-corrected chi connectivity index (χ2v) is 8.76. The molecule has 1 aromatic heterocycles. The van der Waals surface area contributed by atoms with Crippen molar-refractivity contribution in [2.75, 3.05) is 6.61 Å². The van der Waals surface area contributed by atoms with E-state index in [0.717, 1.165) is 9.42 Å². The fourth-order valence-corrected chi connectivity index (χ4v) is 4.29. The average Bonchev–Trinajstić information content (AvgIpc) is 2.90. The minimum Gasteiger partial charge on any atom is -0.352 e. The van der Waals surface area contributed by atoms with Gasteiger partial charge in [-0.05, 0) is 12.5 Å². The van der Waals surface area contributed by atoms with Crippen LogP contribution in [0.25, 0.3) is 10.4 Å². The van der Waals surface area contributed by atoms with Crippen LogP contribution in [0.3, 0.4) is 0 Å². The van der Waals surface area contributed by atoms with E-state index in [9.17, 15) is 23.6 Å². The molecular weight excluding hydrogens is 410 g/mol. The second kappa shape index (κ2) is 8.07. The van der Waals surface area contributed by atoms with Crippen LogP contribution in [-0.4, -0.2) is 43.0 Å². The van der Waals surface area contributed by atoms with Crippen molar-refractivity contribution in [3.63, 3.8) is 0 Å².